The molecular weight excluding hydrogens is 326 g/mol. The van der Waals surface area contributed by atoms with Gasteiger partial charge in [-0.05, 0) is 19.1 Å². The molecule has 3 rings (SSSR count). The Morgan fingerprint density at radius 3 is 2.84 bits per heavy atom. The number of carbonyl (C=O) groups is 3. The third kappa shape index (κ3) is 3.47. The molecule has 0 radical (unpaired) electrons. The van der Waals surface area contributed by atoms with Gasteiger partial charge < -0.3 is 10.2 Å². The largest absolute Gasteiger partial charge is 0.333 e. The Labute approximate surface area is 143 Å². The van der Waals surface area contributed by atoms with Gasteiger partial charge in [-0.1, -0.05) is 5.21 Å². The van der Waals surface area contributed by atoms with Gasteiger partial charge in [0.25, 0.3) is 0 Å². The number of nitrogens with zero attached hydrogens (tertiary/aromatic N) is 6. The smallest absolute Gasteiger partial charge is 0.324 e. The van der Waals surface area contributed by atoms with E-state index in [1.807, 2.05) is 6.07 Å². The van der Waals surface area contributed by atoms with Crippen molar-refractivity contribution in [2.75, 3.05) is 19.6 Å². The van der Waals surface area contributed by atoms with Crippen molar-refractivity contribution in [3.8, 4) is 5.69 Å². The maximum atomic E-state index is 12.2. The first-order valence-corrected chi connectivity index (χ1v) is 7.80. The average molecular weight is 343 g/mol. The summed E-state index contributed by atoms with van der Waals surface area (Å²) in [7, 11) is 0. The Bertz CT molecular complexity index is 789. The van der Waals surface area contributed by atoms with E-state index in [9.17, 15) is 14.4 Å². The van der Waals surface area contributed by atoms with Gasteiger partial charge >= 0.3 is 17.8 Å². The van der Waals surface area contributed by atoms with Crippen LogP contribution in [0.2, 0.25) is 0 Å². The van der Waals surface area contributed by atoms with Gasteiger partial charge in [0.2, 0.25) is 0 Å². The summed E-state index contributed by atoms with van der Waals surface area (Å²) in [6.45, 7) is 2.83. The molecule has 0 spiro atoms. The molecule has 0 bridgehead atoms. The van der Waals surface area contributed by atoms with Crippen LogP contribution in [-0.2, 0) is 16.1 Å². The summed E-state index contributed by atoms with van der Waals surface area (Å²) in [6, 6.07) is 2.98. The molecule has 1 saturated heterocycles. The number of pyridine rings is 1. The topological polar surface area (TPSA) is 113 Å². The lowest BCUT2D eigenvalue weighted by atomic mass is 10.3. The van der Waals surface area contributed by atoms with E-state index in [1.54, 1.807) is 31.6 Å². The standard InChI is InChI=1S/C15H17N7O3/c1-2-20-6-7-21(14(24)13(20)23)15(25)17-8-11-10-22(19-18-11)12-4-3-5-16-9-12/h3-5,9-10H,2,6-8H2,1H3,(H,17,25). The second-order valence-electron chi connectivity index (χ2n) is 5.37. The van der Waals surface area contributed by atoms with Crippen molar-refractivity contribution in [2.24, 2.45) is 0 Å². The molecule has 130 valence electrons. The SMILES string of the molecule is CCN1CCN(C(=O)NCc2cn(-c3cccnc3)nn2)C(=O)C1=O. The predicted octanol–water partition coefficient (Wildman–Crippen LogP) is -0.437. The number of nitrogens with one attached hydrogen (secondary N) is 1. The number of urea groups is 1. The molecule has 2 aromatic heterocycles. The van der Waals surface area contributed by atoms with Gasteiger partial charge in [0.1, 0.15) is 5.69 Å². The Hall–Kier alpha value is -3.30. The lowest BCUT2D eigenvalue weighted by molar-refractivity contribution is -0.153. The molecule has 25 heavy (non-hydrogen) atoms. The minimum atomic E-state index is -0.815. The number of carbonyl (C=O) groups excluding carboxylic acids is 3. The van der Waals surface area contributed by atoms with E-state index in [2.05, 4.69) is 20.6 Å². The summed E-state index contributed by atoms with van der Waals surface area (Å²) in [6.07, 6.45) is 4.94. The first-order chi connectivity index (χ1) is 12.1. The fourth-order valence-electron chi connectivity index (χ4n) is 2.43. The number of aromatic nitrogens is 4. The van der Waals surface area contributed by atoms with E-state index >= 15 is 0 Å². The molecule has 1 N–H and O–H groups in total. The van der Waals surface area contributed by atoms with E-state index in [1.165, 1.54) is 9.58 Å². The van der Waals surface area contributed by atoms with Crippen molar-refractivity contribution >= 4 is 17.8 Å². The number of piperazine rings is 1. The molecule has 0 aliphatic carbocycles. The van der Waals surface area contributed by atoms with Crippen LogP contribution in [0.3, 0.4) is 0 Å². The van der Waals surface area contributed by atoms with Gasteiger partial charge in [0, 0.05) is 25.8 Å². The normalized spacial score (nSPS) is 14.8. The van der Waals surface area contributed by atoms with Gasteiger partial charge in [-0.15, -0.1) is 5.10 Å². The molecule has 1 fully saturated rings. The van der Waals surface area contributed by atoms with Crippen LogP contribution < -0.4 is 5.32 Å². The number of rotatable bonds is 4. The van der Waals surface area contributed by atoms with E-state index in [0.29, 0.717) is 18.8 Å². The van der Waals surface area contributed by atoms with Gasteiger partial charge in [-0.3, -0.25) is 19.5 Å². The molecule has 3 heterocycles. The lowest BCUT2D eigenvalue weighted by Gasteiger charge is -2.31. The fourth-order valence-corrected chi connectivity index (χ4v) is 2.43. The Balaban J connectivity index is 1.59. The molecule has 0 atom stereocenters. The van der Waals surface area contributed by atoms with E-state index in [4.69, 9.17) is 0 Å². The minimum absolute atomic E-state index is 0.0918. The van der Waals surface area contributed by atoms with Crippen LogP contribution >= 0.6 is 0 Å². The van der Waals surface area contributed by atoms with Crippen molar-refractivity contribution in [3.63, 3.8) is 0 Å². The molecule has 1 aliphatic heterocycles. The number of hydrogen-bond acceptors (Lipinski definition) is 6. The van der Waals surface area contributed by atoms with Gasteiger partial charge in [0.15, 0.2) is 0 Å². The zero-order chi connectivity index (χ0) is 17.8. The highest BCUT2D eigenvalue weighted by atomic mass is 16.2. The predicted molar refractivity (Wildman–Crippen MR) is 85.4 cm³/mol. The van der Waals surface area contributed by atoms with E-state index < -0.39 is 17.8 Å². The quantitative estimate of drug-likeness (QED) is 0.753. The summed E-state index contributed by atoms with van der Waals surface area (Å²) in [5.74, 6) is -1.48. The molecule has 10 heteroatoms. The second kappa shape index (κ2) is 7.07. The summed E-state index contributed by atoms with van der Waals surface area (Å²) in [5.41, 5.74) is 1.26. The first-order valence-electron chi connectivity index (χ1n) is 7.80. The maximum absolute atomic E-state index is 12.2. The van der Waals surface area contributed by atoms with Crippen LogP contribution in [0.4, 0.5) is 4.79 Å². The Morgan fingerprint density at radius 1 is 1.28 bits per heavy atom. The molecule has 1 aliphatic rings. The molecule has 10 nitrogen and oxygen atoms in total. The highest BCUT2D eigenvalue weighted by Gasteiger charge is 2.35. The van der Waals surface area contributed by atoms with Crippen molar-refractivity contribution in [1.82, 2.24) is 35.1 Å². The monoisotopic (exact) mass is 343 g/mol. The summed E-state index contributed by atoms with van der Waals surface area (Å²) in [5, 5.41) is 10.5. The third-order valence-electron chi connectivity index (χ3n) is 3.81. The third-order valence-corrected chi connectivity index (χ3v) is 3.81. The van der Waals surface area contributed by atoms with Crippen LogP contribution in [0, 0.1) is 0 Å². The van der Waals surface area contributed by atoms with Gasteiger partial charge in [0.05, 0.1) is 24.6 Å². The molecule has 4 amide bonds. The fraction of sp³-hybridized carbons (Fsp3) is 0.333. The molecule has 2 aromatic rings. The number of amides is 4. The zero-order valence-corrected chi connectivity index (χ0v) is 13.6. The van der Waals surface area contributed by atoms with Crippen molar-refractivity contribution < 1.29 is 14.4 Å². The number of hydrogen-bond donors (Lipinski definition) is 1. The Morgan fingerprint density at radius 2 is 2.12 bits per heavy atom. The van der Waals surface area contributed by atoms with Gasteiger partial charge in [-0.2, -0.15) is 0 Å². The Kier molecular flexibility index (Phi) is 4.68. The van der Waals surface area contributed by atoms with Crippen LogP contribution in [0.5, 0.6) is 0 Å². The maximum Gasteiger partial charge on any atom is 0.324 e. The van der Waals surface area contributed by atoms with Crippen molar-refractivity contribution in [3.05, 3.63) is 36.4 Å². The number of imide groups is 1. The van der Waals surface area contributed by atoms with Crippen LogP contribution in [0.25, 0.3) is 5.69 Å². The second-order valence-corrected chi connectivity index (χ2v) is 5.37. The van der Waals surface area contributed by atoms with E-state index in [-0.39, 0.29) is 13.1 Å². The molecule has 0 aromatic carbocycles. The summed E-state index contributed by atoms with van der Waals surface area (Å²) < 4.78 is 1.53. The first kappa shape index (κ1) is 16.6. The molecule has 0 saturated carbocycles. The van der Waals surface area contributed by atoms with Crippen molar-refractivity contribution in [2.45, 2.75) is 13.5 Å². The van der Waals surface area contributed by atoms with Crippen molar-refractivity contribution in [1.29, 1.82) is 0 Å². The zero-order valence-electron chi connectivity index (χ0n) is 13.6. The highest BCUT2D eigenvalue weighted by molar-refractivity contribution is 6.38. The van der Waals surface area contributed by atoms with Crippen LogP contribution in [-0.4, -0.2) is 67.3 Å². The summed E-state index contributed by atoms with van der Waals surface area (Å²) >= 11 is 0. The number of likely N-dealkylation sites (N-methyl/N-ethyl adjacent to an activating group) is 1. The van der Waals surface area contributed by atoms with Crippen LogP contribution in [0.1, 0.15) is 12.6 Å². The molecular formula is C15H17N7O3. The van der Waals surface area contributed by atoms with Crippen LogP contribution in [0.15, 0.2) is 30.7 Å². The van der Waals surface area contributed by atoms with E-state index in [0.717, 1.165) is 10.6 Å². The average Bonchev–Trinajstić information content (AvgIpc) is 3.12. The highest BCUT2D eigenvalue weighted by Crippen LogP contribution is 2.07. The summed E-state index contributed by atoms with van der Waals surface area (Å²) in [4.78, 5) is 42.3. The molecule has 0 unspecified atom stereocenters. The van der Waals surface area contributed by atoms with Gasteiger partial charge in [-0.25, -0.2) is 9.48 Å². The minimum Gasteiger partial charge on any atom is -0.333 e. The lowest BCUT2D eigenvalue weighted by Crippen LogP contribution is -2.58.